The quantitative estimate of drug-likeness (QED) is 0.419. The van der Waals surface area contributed by atoms with Gasteiger partial charge in [-0.25, -0.2) is 0 Å². The molecule has 1 aromatic carbocycles. The van der Waals surface area contributed by atoms with Crippen molar-refractivity contribution in [1.29, 1.82) is 0 Å². The van der Waals surface area contributed by atoms with E-state index in [0.717, 1.165) is 90.5 Å². The first-order valence-electron chi connectivity index (χ1n) is 13.4. The van der Waals surface area contributed by atoms with Crippen LogP contribution in [0.25, 0.3) is 22.3 Å². The van der Waals surface area contributed by atoms with Crippen LogP contribution in [0.3, 0.4) is 0 Å². The van der Waals surface area contributed by atoms with Crippen molar-refractivity contribution >= 4 is 28.4 Å². The Morgan fingerprint density at radius 2 is 1.91 bits per heavy atom. The Hall–Kier alpha value is -2.12. The van der Waals surface area contributed by atoms with E-state index in [0.29, 0.717) is 5.78 Å². The van der Waals surface area contributed by atoms with E-state index in [1.807, 2.05) is 12.3 Å². The molecule has 2 aromatic heterocycles. The molecule has 8 rings (SSSR count). The number of carbonyl (C=O) groups excluding carboxylic acids is 1. The summed E-state index contributed by atoms with van der Waals surface area (Å²) in [5.41, 5.74) is 2.06. The Kier molecular flexibility index (Phi) is 5.35. The fraction of sp³-hybridized carbons (Fsp3) is 0.607. The SMILES string of the molecule is CC(Sc1nnc(-c2c[nH]c3ccccc23)n1CC1CCCO1)C(=O)C12CC3CC(CC(C3)C1)C2. The maximum atomic E-state index is 14.0. The van der Waals surface area contributed by atoms with Crippen molar-refractivity contribution in [2.75, 3.05) is 6.61 Å². The number of hydrogen-bond acceptors (Lipinski definition) is 5. The predicted octanol–water partition coefficient (Wildman–Crippen LogP) is 5.87. The summed E-state index contributed by atoms with van der Waals surface area (Å²) in [6.07, 6.45) is 11.8. The number of H-pyrrole nitrogens is 1. The summed E-state index contributed by atoms with van der Waals surface area (Å²) in [4.78, 5) is 17.3. The molecular weight excluding hydrogens is 456 g/mol. The Labute approximate surface area is 210 Å². The van der Waals surface area contributed by atoms with Crippen molar-refractivity contribution in [2.45, 2.75) is 81.3 Å². The first-order chi connectivity index (χ1) is 17.1. The molecule has 2 atom stereocenters. The number of benzene rings is 1. The zero-order valence-electron chi connectivity index (χ0n) is 20.4. The molecule has 0 amide bonds. The van der Waals surface area contributed by atoms with Crippen LogP contribution in [0, 0.1) is 23.2 Å². The van der Waals surface area contributed by atoms with Crippen LogP contribution in [0.4, 0.5) is 0 Å². The van der Waals surface area contributed by atoms with Gasteiger partial charge in [0.05, 0.1) is 17.9 Å². The number of nitrogens with one attached hydrogen (secondary N) is 1. The highest BCUT2D eigenvalue weighted by molar-refractivity contribution is 8.00. The van der Waals surface area contributed by atoms with Crippen LogP contribution in [0.15, 0.2) is 35.6 Å². The Morgan fingerprint density at radius 3 is 2.63 bits per heavy atom. The van der Waals surface area contributed by atoms with Crippen LogP contribution in [-0.4, -0.2) is 43.5 Å². The van der Waals surface area contributed by atoms with Crippen LogP contribution in [0.5, 0.6) is 0 Å². The van der Waals surface area contributed by atoms with Gasteiger partial charge in [0.25, 0.3) is 0 Å². The van der Waals surface area contributed by atoms with E-state index in [9.17, 15) is 4.79 Å². The lowest BCUT2D eigenvalue weighted by atomic mass is 9.48. The summed E-state index contributed by atoms with van der Waals surface area (Å²) in [7, 11) is 0. The minimum atomic E-state index is -0.116. The van der Waals surface area contributed by atoms with Crippen LogP contribution in [0.1, 0.15) is 58.3 Å². The topological polar surface area (TPSA) is 72.8 Å². The largest absolute Gasteiger partial charge is 0.376 e. The van der Waals surface area contributed by atoms with E-state index in [1.54, 1.807) is 11.8 Å². The van der Waals surface area contributed by atoms with E-state index >= 15 is 0 Å². The Balaban J connectivity index is 1.19. The van der Waals surface area contributed by atoms with Gasteiger partial charge in [0, 0.05) is 34.7 Å². The second-order valence-electron chi connectivity index (χ2n) is 11.6. The van der Waals surface area contributed by atoms with Gasteiger partial charge in [0.1, 0.15) is 0 Å². The number of rotatable bonds is 7. The highest BCUT2D eigenvalue weighted by Gasteiger charge is 2.55. The van der Waals surface area contributed by atoms with Gasteiger partial charge in [0.2, 0.25) is 0 Å². The van der Waals surface area contributed by atoms with Crippen molar-refractivity contribution < 1.29 is 9.53 Å². The third-order valence-corrected chi connectivity index (χ3v) is 10.3. The number of Topliss-reactive ketones (excluding diaryl/α,β-unsaturated/α-hetero) is 1. The second-order valence-corrected chi connectivity index (χ2v) is 12.9. The lowest BCUT2D eigenvalue weighted by molar-refractivity contribution is -0.143. The number of nitrogens with zero attached hydrogens (tertiary/aromatic N) is 3. The molecule has 0 radical (unpaired) electrons. The van der Waals surface area contributed by atoms with Gasteiger partial charge in [0.15, 0.2) is 16.8 Å². The summed E-state index contributed by atoms with van der Waals surface area (Å²) < 4.78 is 8.21. The van der Waals surface area contributed by atoms with Gasteiger partial charge in [-0.2, -0.15) is 0 Å². The minimum absolute atomic E-state index is 0.0831. The second kappa shape index (κ2) is 8.48. The van der Waals surface area contributed by atoms with Gasteiger partial charge in [-0.3, -0.25) is 9.36 Å². The smallest absolute Gasteiger partial charge is 0.192 e. The highest BCUT2D eigenvalue weighted by atomic mass is 32.2. The van der Waals surface area contributed by atoms with Crippen LogP contribution < -0.4 is 0 Å². The lowest BCUT2D eigenvalue weighted by Crippen LogP contribution is -2.51. The predicted molar refractivity (Wildman–Crippen MR) is 137 cm³/mol. The van der Waals surface area contributed by atoms with Crippen LogP contribution in [-0.2, 0) is 16.1 Å². The first kappa shape index (κ1) is 22.1. The molecule has 3 aromatic rings. The summed E-state index contributed by atoms with van der Waals surface area (Å²) >= 11 is 1.61. The molecule has 5 fully saturated rings. The molecule has 6 nitrogen and oxygen atoms in total. The van der Waals surface area contributed by atoms with E-state index in [4.69, 9.17) is 4.74 Å². The highest BCUT2D eigenvalue weighted by Crippen LogP contribution is 2.61. The van der Waals surface area contributed by atoms with Crippen molar-refractivity contribution in [3.8, 4) is 11.4 Å². The zero-order valence-corrected chi connectivity index (χ0v) is 21.2. The summed E-state index contributed by atoms with van der Waals surface area (Å²) in [5, 5.41) is 11.2. The van der Waals surface area contributed by atoms with Gasteiger partial charge in [-0.15, -0.1) is 10.2 Å². The summed E-state index contributed by atoms with van der Waals surface area (Å²) in [6, 6.07) is 8.31. The molecule has 1 aliphatic heterocycles. The zero-order chi connectivity index (χ0) is 23.6. The molecule has 1 N–H and O–H groups in total. The molecular formula is C28H34N4O2S. The molecule has 3 heterocycles. The number of thioether (sulfide) groups is 1. The van der Waals surface area contributed by atoms with Gasteiger partial charge >= 0.3 is 0 Å². The average Bonchev–Trinajstić information content (AvgIpc) is 3.59. The molecule has 4 bridgehead atoms. The fourth-order valence-corrected chi connectivity index (χ4v) is 9.09. The molecule has 5 aliphatic rings. The molecule has 1 saturated heterocycles. The fourth-order valence-electron chi connectivity index (χ4n) is 8.04. The molecule has 35 heavy (non-hydrogen) atoms. The number of ether oxygens (including phenoxy) is 1. The van der Waals surface area contributed by atoms with Gasteiger partial charge < -0.3 is 9.72 Å². The standard InChI is InChI=1S/C28H34N4O2S/c1-17(25(33)28-12-18-9-19(13-28)11-20(10-18)14-28)35-27-31-30-26(32(27)16-21-5-4-8-34-21)23-15-29-24-7-3-2-6-22(23)24/h2-3,6-7,15,17-21,29H,4-5,8-14,16H2,1H3. The molecule has 7 heteroatoms. The van der Waals surface area contributed by atoms with Crippen LogP contribution in [0.2, 0.25) is 0 Å². The van der Waals surface area contributed by atoms with E-state index < -0.39 is 0 Å². The third kappa shape index (κ3) is 3.77. The number of fused-ring (bicyclic) bond motifs is 1. The van der Waals surface area contributed by atoms with Crippen molar-refractivity contribution in [2.24, 2.45) is 23.2 Å². The summed E-state index contributed by atoms with van der Waals surface area (Å²) in [6.45, 7) is 3.64. The molecule has 2 unspecified atom stereocenters. The molecule has 184 valence electrons. The van der Waals surface area contributed by atoms with E-state index in [-0.39, 0.29) is 16.8 Å². The number of hydrogen-bond donors (Lipinski definition) is 1. The van der Waals surface area contributed by atoms with Gasteiger partial charge in [-0.1, -0.05) is 30.0 Å². The molecule has 4 aliphatic carbocycles. The van der Waals surface area contributed by atoms with E-state index in [2.05, 4.69) is 44.9 Å². The monoisotopic (exact) mass is 490 g/mol. The lowest BCUT2D eigenvalue weighted by Gasteiger charge is -2.56. The minimum Gasteiger partial charge on any atom is -0.376 e. The maximum Gasteiger partial charge on any atom is 0.192 e. The number of para-hydroxylation sites is 1. The summed E-state index contributed by atoms with van der Waals surface area (Å²) in [5.74, 6) is 3.65. The van der Waals surface area contributed by atoms with E-state index in [1.165, 1.54) is 19.3 Å². The first-order valence-corrected chi connectivity index (χ1v) is 14.3. The van der Waals surface area contributed by atoms with Crippen LogP contribution >= 0.6 is 11.8 Å². The third-order valence-electron chi connectivity index (χ3n) is 9.17. The average molecular weight is 491 g/mol. The molecule has 4 saturated carbocycles. The van der Waals surface area contributed by atoms with Crippen molar-refractivity contribution in [1.82, 2.24) is 19.7 Å². The Bertz CT molecular complexity index is 1220. The van der Waals surface area contributed by atoms with Gasteiger partial charge in [-0.05, 0) is 82.1 Å². The maximum absolute atomic E-state index is 14.0. The Morgan fingerprint density at radius 1 is 1.17 bits per heavy atom. The van der Waals surface area contributed by atoms with Crippen molar-refractivity contribution in [3.63, 3.8) is 0 Å². The number of aromatic amines is 1. The normalized spacial score (nSPS) is 32.5. The van der Waals surface area contributed by atoms with Crippen molar-refractivity contribution in [3.05, 3.63) is 30.5 Å². The number of carbonyl (C=O) groups is 1. The number of ketones is 1. The molecule has 0 spiro atoms. The number of aromatic nitrogens is 4.